The molecule has 0 aromatic carbocycles. The second-order valence-electron chi connectivity index (χ2n) is 10.7. The van der Waals surface area contributed by atoms with Crippen LogP contribution in [0.2, 0.25) is 0 Å². The predicted octanol–water partition coefficient (Wildman–Crippen LogP) is 7.49. The zero-order valence-electron chi connectivity index (χ0n) is 16.6. The number of allylic oxidation sites excluding steroid dienone is 2. The molecule has 0 saturated heterocycles. The minimum absolute atomic E-state index is 0.327. The Labute approximate surface area is 130 Å². The Bertz CT molecular complexity index is 235. The van der Waals surface area contributed by atoms with Crippen LogP contribution < -0.4 is 0 Å². The van der Waals surface area contributed by atoms with E-state index in [4.69, 9.17) is 0 Å². The summed E-state index contributed by atoms with van der Waals surface area (Å²) in [5.74, 6) is 0. The average Bonchev–Trinajstić information content (AvgIpc) is 2.09. The van der Waals surface area contributed by atoms with Crippen LogP contribution in [0.5, 0.6) is 0 Å². The lowest BCUT2D eigenvalue weighted by Crippen LogP contribution is -2.12. The Balaban J connectivity index is 0. The fourth-order valence-electron chi connectivity index (χ4n) is 1.25. The molecule has 0 nitrogen and oxygen atoms in total. The van der Waals surface area contributed by atoms with Gasteiger partial charge in [-0.2, -0.15) is 0 Å². The first-order valence-corrected chi connectivity index (χ1v) is 8.12. The van der Waals surface area contributed by atoms with Gasteiger partial charge in [-0.15, -0.1) is 0 Å². The maximum absolute atomic E-state index is 2.30. The Morgan fingerprint density at radius 2 is 0.650 bits per heavy atom. The quantitative estimate of drug-likeness (QED) is 0.437. The highest BCUT2D eigenvalue weighted by Gasteiger charge is 2.16. The first-order chi connectivity index (χ1) is 8.41. The van der Waals surface area contributed by atoms with Crippen molar-refractivity contribution in [3.8, 4) is 0 Å². The summed E-state index contributed by atoms with van der Waals surface area (Å²) in [6.45, 7) is 27.1. The SMILES string of the molecule is CC(C)(C)/C=C\C(C)(C)C.CC(C)(C)CCC(C)(C)C. The van der Waals surface area contributed by atoms with Crippen molar-refractivity contribution < 1.29 is 0 Å². The molecule has 0 heterocycles. The normalized spacial score (nSPS) is 14.2. The van der Waals surface area contributed by atoms with Crippen LogP contribution in [0.15, 0.2) is 12.2 Å². The molecule has 0 spiro atoms. The summed E-state index contributed by atoms with van der Waals surface area (Å²) in [6, 6.07) is 0. The Morgan fingerprint density at radius 1 is 0.450 bits per heavy atom. The van der Waals surface area contributed by atoms with E-state index in [1.165, 1.54) is 12.8 Å². The maximum Gasteiger partial charge on any atom is -0.0203 e. The van der Waals surface area contributed by atoms with Crippen LogP contribution in [0, 0.1) is 21.7 Å². The van der Waals surface area contributed by atoms with Gasteiger partial charge in [0.25, 0.3) is 0 Å². The van der Waals surface area contributed by atoms with E-state index >= 15 is 0 Å². The molecule has 0 rings (SSSR count). The fraction of sp³-hybridized carbons (Fsp3) is 0.900. The lowest BCUT2D eigenvalue weighted by atomic mass is 9.81. The molecule has 0 aliphatic carbocycles. The van der Waals surface area contributed by atoms with Crippen LogP contribution in [-0.4, -0.2) is 0 Å². The topological polar surface area (TPSA) is 0 Å². The third-order valence-electron chi connectivity index (χ3n) is 2.71. The molecule has 0 aliphatic rings. The van der Waals surface area contributed by atoms with Gasteiger partial charge in [0.1, 0.15) is 0 Å². The maximum atomic E-state index is 2.30. The standard InChI is InChI=1S/C10H22.C10H20/c2*1-9(2,3)7-8-10(4,5)6/h7-8H2,1-6H3;7-8H,1-6H3/b;8-7-. The van der Waals surface area contributed by atoms with Crippen molar-refractivity contribution in [1.82, 2.24) is 0 Å². The van der Waals surface area contributed by atoms with E-state index in [9.17, 15) is 0 Å². The van der Waals surface area contributed by atoms with Gasteiger partial charge >= 0.3 is 0 Å². The molecule has 0 unspecified atom stereocenters. The second kappa shape index (κ2) is 7.66. The largest absolute Gasteiger partial charge is 0.0826 e. The lowest BCUT2D eigenvalue weighted by Gasteiger charge is -2.24. The van der Waals surface area contributed by atoms with Crippen molar-refractivity contribution in [3.05, 3.63) is 12.2 Å². The van der Waals surface area contributed by atoms with E-state index in [0.717, 1.165) is 0 Å². The summed E-state index contributed by atoms with van der Waals surface area (Å²) < 4.78 is 0. The molecule has 0 saturated carbocycles. The van der Waals surface area contributed by atoms with E-state index < -0.39 is 0 Å². The molecule has 0 aromatic rings. The van der Waals surface area contributed by atoms with Crippen LogP contribution in [-0.2, 0) is 0 Å². The smallest absolute Gasteiger partial charge is 0.0203 e. The van der Waals surface area contributed by atoms with E-state index in [-0.39, 0.29) is 0 Å². The van der Waals surface area contributed by atoms with Crippen LogP contribution in [0.3, 0.4) is 0 Å². The van der Waals surface area contributed by atoms with Gasteiger partial charge < -0.3 is 0 Å². The van der Waals surface area contributed by atoms with Crippen LogP contribution in [0.25, 0.3) is 0 Å². The summed E-state index contributed by atoms with van der Waals surface area (Å²) >= 11 is 0. The highest BCUT2D eigenvalue weighted by Crippen LogP contribution is 2.29. The Kier molecular flexibility index (Phi) is 8.44. The lowest BCUT2D eigenvalue weighted by molar-refractivity contribution is 0.275. The Hall–Kier alpha value is -0.260. The zero-order valence-corrected chi connectivity index (χ0v) is 16.6. The van der Waals surface area contributed by atoms with Gasteiger partial charge in [-0.05, 0) is 34.5 Å². The molecule has 0 radical (unpaired) electrons. The molecule has 0 fully saturated rings. The predicted molar refractivity (Wildman–Crippen MR) is 96.2 cm³/mol. The average molecular weight is 283 g/mol. The van der Waals surface area contributed by atoms with Gasteiger partial charge in [0.05, 0.1) is 0 Å². The number of rotatable bonds is 1. The molecular formula is C20H42. The van der Waals surface area contributed by atoms with Gasteiger partial charge in [-0.25, -0.2) is 0 Å². The minimum atomic E-state index is 0.327. The molecule has 0 heteroatoms. The Morgan fingerprint density at radius 3 is 0.750 bits per heavy atom. The van der Waals surface area contributed by atoms with Crippen LogP contribution >= 0.6 is 0 Å². The summed E-state index contributed by atoms with van der Waals surface area (Å²) in [4.78, 5) is 0. The molecular weight excluding hydrogens is 240 g/mol. The minimum Gasteiger partial charge on any atom is -0.0826 e. The van der Waals surface area contributed by atoms with Crippen molar-refractivity contribution >= 4 is 0 Å². The highest BCUT2D eigenvalue weighted by atomic mass is 14.2. The van der Waals surface area contributed by atoms with Crippen molar-refractivity contribution in [2.45, 2.75) is 95.9 Å². The highest BCUT2D eigenvalue weighted by molar-refractivity contribution is 4.98. The second-order valence-corrected chi connectivity index (χ2v) is 10.7. The molecule has 0 aromatic heterocycles. The van der Waals surface area contributed by atoms with Gasteiger partial charge in [-0.1, -0.05) is 95.2 Å². The van der Waals surface area contributed by atoms with Gasteiger partial charge in [0.2, 0.25) is 0 Å². The summed E-state index contributed by atoms with van der Waals surface area (Å²) in [7, 11) is 0. The summed E-state index contributed by atoms with van der Waals surface area (Å²) in [5, 5.41) is 0. The van der Waals surface area contributed by atoms with Crippen molar-refractivity contribution in [2.75, 3.05) is 0 Å². The summed E-state index contributed by atoms with van der Waals surface area (Å²) in [6.07, 6.45) is 7.20. The van der Waals surface area contributed by atoms with Crippen LogP contribution in [0.4, 0.5) is 0 Å². The first-order valence-electron chi connectivity index (χ1n) is 8.12. The van der Waals surface area contributed by atoms with E-state index in [0.29, 0.717) is 21.7 Å². The fourth-order valence-corrected chi connectivity index (χ4v) is 1.25. The zero-order chi connectivity index (χ0) is 16.8. The van der Waals surface area contributed by atoms with Crippen LogP contribution in [0.1, 0.15) is 95.9 Å². The van der Waals surface area contributed by atoms with Gasteiger partial charge in [-0.3, -0.25) is 0 Å². The number of hydrogen-bond acceptors (Lipinski definition) is 0. The van der Waals surface area contributed by atoms with E-state index in [1.807, 2.05) is 0 Å². The molecule has 0 N–H and O–H groups in total. The van der Waals surface area contributed by atoms with Gasteiger partial charge in [0.15, 0.2) is 0 Å². The molecule has 122 valence electrons. The first kappa shape index (κ1) is 22.0. The van der Waals surface area contributed by atoms with Crippen molar-refractivity contribution in [1.29, 1.82) is 0 Å². The van der Waals surface area contributed by atoms with Gasteiger partial charge in [0, 0.05) is 0 Å². The third kappa shape index (κ3) is 26.3. The third-order valence-corrected chi connectivity index (χ3v) is 2.71. The molecule has 0 aliphatic heterocycles. The monoisotopic (exact) mass is 282 g/mol. The number of hydrogen-bond donors (Lipinski definition) is 0. The summed E-state index contributed by atoms with van der Waals surface area (Å²) in [5.41, 5.74) is 1.67. The van der Waals surface area contributed by atoms with E-state index in [2.05, 4.69) is 95.2 Å². The molecule has 0 atom stereocenters. The molecule has 0 amide bonds. The molecule has 20 heavy (non-hydrogen) atoms. The van der Waals surface area contributed by atoms with E-state index in [1.54, 1.807) is 0 Å². The van der Waals surface area contributed by atoms with Crippen molar-refractivity contribution in [2.24, 2.45) is 21.7 Å². The molecule has 0 bridgehead atoms. The van der Waals surface area contributed by atoms with Crippen molar-refractivity contribution in [3.63, 3.8) is 0 Å².